The second-order valence-electron chi connectivity index (χ2n) is 5.43. The van der Waals surface area contributed by atoms with E-state index in [-0.39, 0.29) is 0 Å². The summed E-state index contributed by atoms with van der Waals surface area (Å²) in [7, 11) is 0. The smallest absolute Gasteiger partial charge is 0.201 e. The van der Waals surface area contributed by atoms with E-state index in [2.05, 4.69) is 40.7 Å². The molecule has 2 aromatic rings. The molecule has 1 aliphatic carbocycles. The van der Waals surface area contributed by atoms with Gasteiger partial charge in [-0.2, -0.15) is 0 Å². The minimum absolute atomic E-state index is 0.519. The van der Waals surface area contributed by atoms with Crippen LogP contribution in [-0.4, -0.2) is 9.55 Å². The molecule has 2 N–H and O–H groups in total. The third-order valence-electron chi connectivity index (χ3n) is 4.10. The van der Waals surface area contributed by atoms with Crippen LogP contribution >= 0.6 is 0 Å². The first-order chi connectivity index (χ1) is 9.27. The maximum Gasteiger partial charge on any atom is 0.201 e. The van der Waals surface area contributed by atoms with Crippen LogP contribution < -0.4 is 5.73 Å². The zero-order valence-electron chi connectivity index (χ0n) is 11.5. The van der Waals surface area contributed by atoms with Gasteiger partial charge < -0.3 is 10.3 Å². The Morgan fingerprint density at radius 3 is 2.47 bits per heavy atom. The van der Waals surface area contributed by atoms with Crippen LogP contribution in [0.5, 0.6) is 0 Å². The van der Waals surface area contributed by atoms with Crippen molar-refractivity contribution in [2.75, 3.05) is 5.73 Å². The standard InChI is InChI=1S/C16H21N3/c1-12-15(13-8-4-2-5-9-13)19(16(17)18-12)14-10-6-3-7-11-14/h2,4-5,8-9,14H,3,6-7,10-11H2,1H3,(H2,17,18). The molecule has 1 fully saturated rings. The summed E-state index contributed by atoms with van der Waals surface area (Å²) in [6, 6.07) is 11.0. The van der Waals surface area contributed by atoms with Crippen molar-refractivity contribution in [3.05, 3.63) is 36.0 Å². The number of imidazole rings is 1. The topological polar surface area (TPSA) is 43.8 Å². The highest BCUT2D eigenvalue weighted by Gasteiger charge is 2.22. The van der Waals surface area contributed by atoms with Crippen LogP contribution in [0.2, 0.25) is 0 Å². The Morgan fingerprint density at radius 2 is 1.79 bits per heavy atom. The lowest BCUT2D eigenvalue weighted by Gasteiger charge is -2.26. The lowest BCUT2D eigenvalue weighted by atomic mass is 9.94. The molecule has 1 saturated carbocycles. The van der Waals surface area contributed by atoms with Gasteiger partial charge in [-0.25, -0.2) is 4.98 Å². The van der Waals surface area contributed by atoms with Gasteiger partial charge in [0.15, 0.2) is 0 Å². The number of aromatic nitrogens is 2. The fourth-order valence-electron chi connectivity index (χ4n) is 3.22. The predicted molar refractivity (Wildman–Crippen MR) is 78.9 cm³/mol. The average Bonchev–Trinajstić information content (AvgIpc) is 2.75. The van der Waals surface area contributed by atoms with Gasteiger partial charge in [0.05, 0.1) is 11.4 Å². The molecule has 1 aromatic heterocycles. The normalized spacial score (nSPS) is 16.7. The largest absolute Gasteiger partial charge is 0.369 e. The molecule has 3 nitrogen and oxygen atoms in total. The number of hydrogen-bond donors (Lipinski definition) is 1. The van der Waals surface area contributed by atoms with Crippen LogP contribution in [0.25, 0.3) is 11.3 Å². The van der Waals surface area contributed by atoms with Gasteiger partial charge >= 0.3 is 0 Å². The summed E-state index contributed by atoms with van der Waals surface area (Å²) in [5.74, 6) is 0.670. The first-order valence-electron chi connectivity index (χ1n) is 7.17. The SMILES string of the molecule is Cc1nc(N)n(C2CCCCC2)c1-c1ccccc1. The molecular weight excluding hydrogens is 234 g/mol. The molecule has 0 unspecified atom stereocenters. The summed E-state index contributed by atoms with van der Waals surface area (Å²) in [6.45, 7) is 2.05. The molecule has 1 aliphatic rings. The third-order valence-corrected chi connectivity index (χ3v) is 4.10. The molecule has 0 atom stereocenters. The number of nitrogens with two attached hydrogens (primary N) is 1. The van der Waals surface area contributed by atoms with Crippen molar-refractivity contribution in [2.45, 2.75) is 45.1 Å². The molecule has 0 amide bonds. The number of hydrogen-bond acceptors (Lipinski definition) is 2. The van der Waals surface area contributed by atoms with E-state index in [4.69, 9.17) is 5.73 Å². The molecule has 0 aliphatic heterocycles. The molecule has 0 spiro atoms. The fourth-order valence-corrected chi connectivity index (χ4v) is 3.22. The third kappa shape index (κ3) is 2.25. The highest BCUT2D eigenvalue weighted by Crippen LogP contribution is 2.36. The first kappa shape index (κ1) is 12.3. The predicted octanol–water partition coefficient (Wildman–Crippen LogP) is 3.95. The first-order valence-corrected chi connectivity index (χ1v) is 7.17. The quantitative estimate of drug-likeness (QED) is 0.883. The summed E-state index contributed by atoms with van der Waals surface area (Å²) >= 11 is 0. The zero-order chi connectivity index (χ0) is 13.2. The fraction of sp³-hybridized carbons (Fsp3) is 0.438. The maximum atomic E-state index is 6.16. The Labute approximate surface area is 114 Å². The maximum absolute atomic E-state index is 6.16. The lowest BCUT2D eigenvalue weighted by molar-refractivity contribution is 0.359. The van der Waals surface area contributed by atoms with E-state index < -0.39 is 0 Å². The second kappa shape index (κ2) is 5.08. The van der Waals surface area contributed by atoms with Crippen LogP contribution in [0.15, 0.2) is 30.3 Å². The summed E-state index contributed by atoms with van der Waals surface area (Å²) in [5, 5.41) is 0. The second-order valence-corrected chi connectivity index (χ2v) is 5.43. The highest BCUT2D eigenvalue weighted by atomic mass is 15.2. The van der Waals surface area contributed by atoms with Crippen LogP contribution in [0, 0.1) is 6.92 Å². The number of nitrogen functional groups attached to an aromatic ring is 1. The van der Waals surface area contributed by atoms with Crippen LogP contribution in [-0.2, 0) is 0 Å². The molecule has 0 bridgehead atoms. The molecule has 3 heteroatoms. The van der Waals surface area contributed by atoms with E-state index in [1.54, 1.807) is 0 Å². The molecule has 1 aromatic carbocycles. The van der Waals surface area contributed by atoms with Gasteiger partial charge in [-0.1, -0.05) is 49.6 Å². The Kier molecular flexibility index (Phi) is 3.28. The van der Waals surface area contributed by atoms with Gasteiger partial charge in [0, 0.05) is 11.6 Å². The Balaban J connectivity index is 2.08. The van der Waals surface area contributed by atoms with Crippen LogP contribution in [0.4, 0.5) is 5.95 Å². The minimum Gasteiger partial charge on any atom is -0.369 e. The number of anilines is 1. The summed E-state index contributed by atoms with van der Waals surface area (Å²) in [5.41, 5.74) is 9.62. The van der Waals surface area contributed by atoms with Crippen LogP contribution in [0.1, 0.15) is 43.8 Å². The van der Waals surface area contributed by atoms with Crippen molar-refractivity contribution in [3.63, 3.8) is 0 Å². The number of rotatable bonds is 2. The van der Waals surface area contributed by atoms with Gasteiger partial charge in [0.1, 0.15) is 0 Å². The van der Waals surface area contributed by atoms with Crippen molar-refractivity contribution >= 4 is 5.95 Å². The van der Waals surface area contributed by atoms with E-state index in [1.165, 1.54) is 43.4 Å². The van der Waals surface area contributed by atoms with Gasteiger partial charge in [-0.15, -0.1) is 0 Å². The lowest BCUT2D eigenvalue weighted by Crippen LogP contribution is -2.16. The van der Waals surface area contributed by atoms with Gasteiger partial charge in [-0.05, 0) is 19.8 Å². The van der Waals surface area contributed by atoms with E-state index in [0.717, 1.165) is 5.69 Å². The Hall–Kier alpha value is -1.77. The molecule has 3 rings (SSSR count). The van der Waals surface area contributed by atoms with Gasteiger partial charge in [-0.3, -0.25) is 0 Å². The van der Waals surface area contributed by atoms with Gasteiger partial charge in [0.2, 0.25) is 5.95 Å². The van der Waals surface area contributed by atoms with Crippen molar-refractivity contribution in [1.82, 2.24) is 9.55 Å². The van der Waals surface area contributed by atoms with Crippen LogP contribution in [0.3, 0.4) is 0 Å². The molecule has 0 radical (unpaired) electrons. The Morgan fingerprint density at radius 1 is 1.11 bits per heavy atom. The van der Waals surface area contributed by atoms with E-state index in [1.807, 2.05) is 6.07 Å². The minimum atomic E-state index is 0.519. The number of aryl methyl sites for hydroxylation is 1. The van der Waals surface area contributed by atoms with Gasteiger partial charge in [0.25, 0.3) is 0 Å². The molecule has 100 valence electrons. The summed E-state index contributed by atoms with van der Waals surface area (Å²) in [4.78, 5) is 4.50. The van der Waals surface area contributed by atoms with Crippen molar-refractivity contribution in [2.24, 2.45) is 0 Å². The molecule has 1 heterocycles. The molecule has 0 saturated heterocycles. The summed E-state index contributed by atoms with van der Waals surface area (Å²) in [6.07, 6.45) is 6.40. The number of benzene rings is 1. The van der Waals surface area contributed by atoms with Crippen molar-refractivity contribution < 1.29 is 0 Å². The van der Waals surface area contributed by atoms with Crippen molar-refractivity contribution in [1.29, 1.82) is 0 Å². The summed E-state index contributed by atoms with van der Waals surface area (Å²) < 4.78 is 2.27. The Bertz CT molecular complexity index is 551. The molecule has 19 heavy (non-hydrogen) atoms. The highest BCUT2D eigenvalue weighted by molar-refractivity contribution is 5.64. The van der Waals surface area contributed by atoms with E-state index in [0.29, 0.717) is 12.0 Å². The number of nitrogens with zero attached hydrogens (tertiary/aromatic N) is 2. The van der Waals surface area contributed by atoms with E-state index >= 15 is 0 Å². The molecular formula is C16H21N3. The van der Waals surface area contributed by atoms with E-state index in [9.17, 15) is 0 Å². The van der Waals surface area contributed by atoms with Crippen molar-refractivity contribution in [3.8, 4) is 11.3 Å². The zero-order valence-corrected chi connectivity index (χ0v) is 11.5. The monoisotopic (exact) mass is 255 g/mol. The average molecular weight is 255 g/mol.